The summed E-state index contributed by atoms with van der Waals surface area (Å²) in [4.78, 5) is 0. The number of hydrogen-bond acceptors (Lipinski definition) is 4. The molecule has 68 valence electrons. The minimum atomic E-state index is -0.474. The molecular weight excluding hydrogens is 140 g/mol. The molecule has 0 saturated carbocycles. The fourth-order valence-electron chi connectivity index (χ4n) is 1.10. The monoisotopic (exact) mass is 160 g/mol. The number of hydrogen-bond donors (Lipinski definition) is 4. The van der Waals surface area contributed by atoms with Crippen LogP contribution in [0.4, 0.5) is 0 Å². The lowest BCUT2D eigenvalue weighted by molar-refractivity contribution is 0.259. The molecule has 0 heterocycles. The van der Waals surface area contributed by atoms with E-state index >= 15 is 0 Å². The van der Waals surface area contributed by atoms with Crippen molar-refractivity contribution < 1.29 is 0 Å². The van der Waals surface area contributed by atoms with Gasteiger partial charge in [-0.3, -0.25) is 10.6 Å². The molecule has 11 heavy (non-hydrogen) atoms. The normalized spacial score (nSPS) is 12.0. The number of nitrogens with two attached hydrogens (primary N) is 2. The summed E-state index contributed by atoms with van der Waals surface area (Å²) in [5.74, 6) is -0.474. The van der Waals surface area contributed by atoms with Gasteiger partial charge >= 0.3 is 0 Å². The van der Waals surface area contributed by atoms with E-state index in [0.717, 1.165) is 19.5 Å². The summed E-state index contributed by atoms with van der Waals surface area (Å²) in [7, 11) is 0. The molecule has 0 aliphatic carbocycles. The smallest absolute Gasteiger partial charge is 0.122 e. The summed E-state index contributed by atoms with van der Waals surface area (Å²) in [6.07, 6.45) is 0.745. The molecule has 6 N–H and O–H groups in total. The SMILES string of the molecule is CCNC(N)(CCN)NCC. The van der Waals surface area contributed by atoms with Gasteiger partial charge in [-0.05, 0) is 19.6 Å². The standard InChI is InChI=1S/C7H20N4/c1-3-10-7(9,5-6-8)11-4-2/h10-11H,3-6,8-9H2,1-2H3. The van der Waals surface area contributed by atoms with E-state index in [2.05, 4.69) is 10.6 Å². The molecule has 4 nitrogen and oxygen atoms in total. The highest BCUT2D eigenvalue weighted by molar-refractivity contribution is 4.77. The quantitative estimate of drug-likeness (QED) is 0.382. The third-order valence-electron chi connectivity index (χ3n) is 1.52. The Morgan fingerprint density at radius 3 is 1.91 bits per heavy atom. The van der Waals surface area contributed by atoms with E-state index < -0.39 is 5.79 Å². The van der Waals surface area contributed by atoms with Crippen molar-refractivity contribution in [2.45, 2.75) is 26.1 Å². The Balaban J connectivity index is 3.79. The highest BCUT2D eigenvalue weighted by atomic mass is 15.3. The summed E-state index contributed by atoms with van der Waals surface area (Å²) in [5, 5.41) is 6.30. The third kappa shape index (κ3) is 4.31. The highest BCUT2D eigenvalue weighted by Gasteiger charge is 2.19. The van der Waals surface area contributed by atoms with Crippen molar-refractivity contribution in [2.24, 2.45) is 11.5 Å². The van der Waals surface area contributed by atoms with Gasteiger partial charge in [-0.15, -0.1) is 0 Å². The molecule has 0 unspecified atom stereocenters. The van der Waals surface area contributed by atoms with Gasteiger partial charge in [-0.25, -0.2) is 0 Å². The molecule has 0 rings (SSSR count). The predicted octanol–water partition coefficient (Wildman–Crippen LogP) is -0.833. The van der Waals surface area contributed by atoms with Gasteiger partial charge in [-0.1, -0.05) is 13.8 Å². The van der Waals surface area contributed by atoms with E-state index in [-0.39, 0.29) is 0 Å². The molecule has 0 fully saturated rings. The van der Waals surface area contributed by atoms with E-state index in [1.54, 1.807) is 0 Å². The van der Waals surface area contributed by atoms with Crippen LogP contribution < -0.4 is 22.1 Å². The van der Waals surface area contributed by atoms with Crippen molar-refractivity contribution in [3.8, 4) is 0 Å². The summed E-state index contributed by atoms with van der Waals surface area (Å²) in [6.45, 7) is 6.34. The number of rotatable bonds is 6. The molecule has 0 aromatic carbocycles. The maximum absolute atomic E-state index is 5.93. The summed E-state index contributed by atoms with van der Waals surface area (Å²) in [6, 6.07) is 0. The average molecular weight is 160 g/mol. The van der Waals surface area contributed by atoms with Gasteiger partial charge in [0.15, 0.2) is 0 Å². The van der Waals surface area contributed by atoms with E-state index in [0.29, 0.717) is 6.54 Å². The zero-order valence-electron chi connectivity index (χ0n) is 7.48. The molecule has 0 saturated heterocycles. The lowest BCUT2D eigenvalue weighted by Gasteiger charge is -2.30. The van der Waals surface area contributed by atoms with E-state index in [4.69, 9.17) is 11.5 Å². The lowest BCUT2D eigenvalue weighted by Crippen LogP contribution is -2.64. The molecule has 0 radical (unpaired) electrons. The van der Waals surface area contributed by atoms with Crippen LogP contribution in [0, 0.1) is 0 Å². The number of nitrogens with one attached hydrogen (secondary N) is 2. The Labute approximate surface area is 68.7 Å². The first-order valence-corrected chi connectivity index (χ1v) is 4.17. The maximum atomic E-state index is 5.93. The first-order valence-electron chi connectivity index (χ1n) is 4.17. The molecule has 0 bridgehead atoms. The Kier molecular flexibility index (Phi) is 5.41. The molecule has 0 aliphatic rings. The van der Waals surface area contributed by atoms with E-state index in [9.17, 15) is 0 Å². The molecule has 0 amide bonds. The minimum absolute atomic E-state index is 0.474. The molecule has 0 atom stereocenters. The average Bonchev–Trinajstić information content (AvgIpc) is 1.88. The van der Waals surface area contributed by atoms with Crippen molar-refractivity contribution >= 4 is 0 Å². The Morgan fingerprint density at radius 1 is 1.18 bits per heavy atom. The Morgan fingerprint density at radius 2 is 1.64 bits per heavy atom. The van der Waals surface area contributed by atoms with Crippen LogP contribution in [-0.2, 0) is 0 Å². The first-order chi connectivity index (χ1) is 5.18. The van der Waals surface area contributed by atoms with Gasteiger partial charge in [0.2, 0.25) is 0 Å². The first kappa shape index (κ1) is 10.8. The molecule has 0 aromatic rings. The Bertz CT molecular complexity index is 77.4. The zero-order valence-corrected chi connectivity index (χ0v) is 7.48. The van der Waals surface area contributed by atoms with Crippen LogP contribution in [0.5, 0.6) is 0 Å². The van der Waals surface area contributed by atoms with Gasteiger partial charge in [0.25, 0.3) is 0 Å². The fraction of sp³-hybridized carbons (Fsp3) is 1.00. The largest absolute Gasteiger partial charge is 0.330 e. The van der Waals surface area contributed by atoms with Crippen molar-refractivity contribution in [1.82, 2.24) is 10.6 Å². The zero-order chi connectivity index (χ0) is 8.74. The van der Waals surface area contributed by atoms with Crippen LogP contribution in [0.1, 0.15) is 20.3 Å². The molecule has 4 heteroatoms. The van der Waals surface area contributed by atoms with E-state index in [1.165, 1.54) is 0 Å². The van der Waals surface area contributed by atoms with Crippen LogP contribution in [0.15, 0.2) is 0 Å². The molecule has 0 spiro atoms. The molecular formula is C7H20N4. The van der Waals surface area contributed by atoms with Crippen molar-refractivity contribution in [3.05, 3.63) is 0 Å². The van der Waals surface area contributed by atoms with E-state index in [1.807, 2.05) is 13.8 Å². The highest BCUT2D eigenvalue weighted by Crippen LogP contribution is 1.94. The van der Waals surface area contributed by atoms with Crippen LogP contribution >= 0.6 is 0 Å². The lowest BCUT2D eigenvalue weighted by atomic mass is 10.2. The van der Waals surface area contributed by atoms with Crippen LogP contribution in [0.25, 0.3) is 0 Å². The second kappa shape index (κ2) is 5.49. The van der Waals surface area contributed by atoms with Crippen molar-refractivity contribution in [2.75, 3.05) is 19.6 Å². The minimum Gasteiger partial charge on any atom is -0.330 e. The van der Waals surface area contributed by atoms with Crippen molar-refractivity contribution in [3.63, 3.8) is 0 Å². The van der Waals surface area contributed by atoms with Crippen LogP contribution in [0.3, 0.4) is 0 Å². The van der Waals surface area contributed by atoms with Crippen molar-refractivity contribution in [1.29, 1.82) is 0 Å². The summed E-state index contributed by atoms with van der Waals surface area (Å²) >= 11 is 0. The third-order valence-corrected chi connectivity index (χ3v) is 1.52. The second-order valence-corrected chi connectivity index (χ2v) is 2.57. The van der Waals surface area contributed by atoms with Crippen LogP contribution in [-0.4, -0.2) is 25.4 Å². The fourth-order valence-corrected chi connectivity index (χ4v) is 1.10. The van der Waals surface area contributed by atoms with Gasteiger partial charge in [0, 0.05) is 6.42 Å². The van der Waals surface area contributed by atoms with Gasteiger partial charge < -0.3 is 11.5 Å². The molecule has 0 aromatic heterocycles. The predicted molar refractivity (Wildman–Crippen MR) is 47.9 cm³/mol. The Hall–Kier alpha value is -0.160. The maximum Gasteiger partial charge on any atom is 0.122 e. The summed E-state index contributed by atoms with van der Waals surface area (Å²) in [5.41, 5.74) is 11.3. The summed E-state index contributed by atoms with van der Waals surface area (Å²) < 4.78 is 0. The van der Waals surface area contributed by atoms with Crippen LogP contribution in [0.2, 0.25) is 0 Å². The van der Waals surface area contributed by atoms with Gasteiger partial charge in [0.1, 0.15) is 5.79 Å². The van der Waals surface area contributed by atoms with Gasteiger partial charge in [0.05, 0.1) is 0 Å². The van der Waals surface area contributed by atoms with Gasteiger partial charge in [-0.2, -0.15) is 0 Å². The second-order valence-electron chi connectivity index (χ2n) is 2.57. The molecule has 0 aliphatic heterocycles. The topological polar surface area (TPSA) is 76.1 Å².